The van der Waals surface area contributed by atoms with E-state index in [1.54, 1.807) is 17.5 Å². The highest BCUT2D eigenvalue weighted by atomic mass is 32.1. The van der Waals surface area contributed by atoms with Crippen LogP contribution in [0.1, 0.15) is 41.3 Å². The highest BCUT2D eigenvalue weighted by Crippen LogP contribution is 2.16. The number of thiazole rings is 1. The second-order valence-corrected chi connectivity index (χ2v) is 6.91. The van der Waals surface area contributed by atoms with Crippen LogP contribution in [0.3, 0.4) is 0 Å². The molecule has 23 heavy (non-hydrogen) atoms. The molecule has 1 aromatic carbocycles. The fraction of sp³-hybridized carbons (Fsp3) is 0.412. The molecule has 3 N–H and O–H groups in total. The Kier molecular flexibility index (Phi) is 6.24. The van der Waals surface area contributed by atoms with Gasteiger partial charge in [-0.25, -0.2) is 9.37 Å². The second kappa shape index (κ2) is 8.17. The third kappa shape index (κ3) is 5.41. The summed E-state index contributed by atoms with van der Waals surface area (Å²) in [4.78, 5) is 16.6. The number of halogens is 1. The van der Waals surface area contributed by atoms with E-state index in [0.717, 1.165) is 17.0 Å². The minimum absolute atomic E-state index is 0.0373. The summed E-state index contributed by atoms with van der Waals surface area (Å²) in [5.41, 5.74) is 7.08. The molecule has 1 amide bonds. The molecule has 1 aromatic heterocycles. The van der Waals surface area contributed by atoms with Crippen LogP contribution in [-0.2, 0) is 6.42 Å². The molecule has 0 aliphatic carbocycles. The van der Waals surface area contributed by atoms with Crippen molar-refractivity contribution in [3.05, 3.63) is 51.7 Å². The molecule has 124 valence electrons. The van der Waals surface area contributed by atoms with E-state index in [4.69, 9.17) is 5.73 Å². The van der Waals surface area contributed by atoms with Crippen LogP contribution < -0.4 is 11.1 Å². The van der Waals surface area contributed by atoms with E-state index in [-0.39, 0.29) is 17.8 Å². The number of amides is 1. The van der Waals surface area contributed by atoms with Crippen molar-refractivity contribution in [1.29, 1.82) is 0 Å². The molecule has 0 saturated heterocycles. The lowest BCUT2D eigenvalue weighted by Crippen LogP contribution is -2.41. The summed E-state index contributed by atoms with van der Waals surface area (Å²) in [7, 11) is 0. The van der Waals surface area contributed by atoms with Crippen molar-refractivity contribution in [1.82, 2.24) is 10.3 Å². The van der Waals surface area contributed by atoms with Crippen LogP contribution in [0.4, 0.5) is 4.39 Å². The highest BCUT2D eigenvalue weighted by Gasteiger charge is 2.16. The van der Waals surface area contributed by atoms with Gasteiger partial charge in [0.25, 0.3) is 5.91 Å². The van der Waals surface area contributed by atoms with Gasteiger partial charge in [0.1, 0.15) is 11.5 Å². The SMILES string of the molecule is CC(C)CC(CN)NC(=O)c1csc(Cc2ccc(F)cc2)n1. The lowest BCUT2D eigenvalue weighted by molar-refractivity contribution is 0.0929. The molecule has 1 unspecified atom stereocenters. The number of nitrogens with one attached hydrogen (secondary N) is 1. The molecule has 0 radical (unpaired) electrons. The normalized spacial score (nSPS) is 12.4. The molecule has 0 bridgehead atoms. The number of nitrogens with two attached hydrogens (primary N) is 1. The largest absolute Gasteiger partial charge is 0.347 e. The van der Waals surface area contributed by atoms with Gasteiger partial charge in [-0.1, -0.05) is 26.0 Å². The molecule has 1 heterocycles. The Bertz CT molecular complexity index is 640. The summed E-state index contributed by atoms with van der Waals surface area (Å²) in [6, 6.07) is 6.26. The number of benzene rings is 1. The summed E-state index contributed by atoms with van der Waals surface area (Å²) in [5, 5.41) is 5.51. The predicted molar refractivity (Wildman–Crippen MR) is 91.1 cm³/mol. The van der Waals surface area contributed by atoms with Gasteiger partial charge < -0.3 is 11.1 Å². The third-order valence-electron chi connectivity index (χ3n) is 3.43. The van der Waals surface area contributed by atoms with Crippen LogP contribution in [0.25, 0.3) is 0 Å². The van der Waals surface area contributed by atoms with E-state index < -0.39 is 0 Å². The first kappa shape index (κ1) is 17.6. The van der Waals surface area contributed by atoms with Crippen molar-refractivity contribution >= 4 is 17.2 Å². The monoisotopic (exact) mass is 335 g/mol. The first-order valence-corrected chi connectivity index (χ1v) is 8.55. The minimum Gasteiger partial charge on any atom is -0.347 e. The van der Waals surface area contributed by atoms with Crippen molar-refractivity contribution in [3.63, 3.8) is 0 Å². The van der Waals surface area contributed by atoms with Gasteiger partial charge in [0.2, 0.25) is 0 Å². The first-order chi connectivity index (χ1) is 11.0. The average molecular weight is 335 g/mol. The molecule has 0 aliphatic heterocycles. The van der Waals surface area contributed by atoms with Crippen molar-refractivity contribution in [2.45, 2.75) is 32.7 Å². The van der Waals surface area contributed by atoms with Gasteiger partial charge >= 0.3 is 0 Å². The Balaban J connectivity index is 1.97. The predicted octanol–water partition coefficient (Wildman–Crippen LogP) is 2.98. The van der Waals surface area contributed by atoms with Gasteiger partial charge in [-0.2, -0.15) is 0 Å². The van der Waals surface area contributed by atoms with Gasteiger partial charge in [-0.3, -0.25) is 4.79 Å². The number of carbonyl (C=O) groups is 1. The number of nitrogens with zero attached hydrogens (tertiary/aromatic N) is 1. The van der Waals surface area contributed by atoms with Crippen LogP contribution in [0.2, 0.25) is 0 Å². The molecule has 0 aliphatic rings. The zero-order valence-electron chi connectivity index (χ0n) is 13.4. The molecule has 0 fully saturated rings. The zero-order valence-corrected chi connectivity index (χ0v) is 14.2. The Hall–Kier alpha value is -1.79. The summed E-state index contributed by atoms with van der Waals surface area (Å²) in [6.45, 7) is 4.60. The number of carbonyl (C=O) groups excluding carboxylic acids is 1. The van der Waals surface area contributed by atoms with Gasteiger partial charge in [-0.15, -0.1) is 11.3 Å². The second-order valence-electron chi connectivity index (χ2n) is 5.97. The topological polar surface area (TPSA) is 68.0 Å². The molecular formula is C17H22FN3OS. The molecule has 4 nitrogen and oxygen atoms in total. The highest BCUT2D eigenvalue weighted by molar-refractivity contribution is 7.09. The number of hydrogen-bond acceptors (Lipinski definition) is 4. The molecule has 6 heteroatoms. The van der Waals surface area contributed by atoms with E-state index in [2.05, 4.69) is 24.1 Å². The number of hydrogen-bond donors (Lipinski definition) is 2. The van der Waals surface area contributed by atoms with E-state index in [9.17, 15) is 9.18 Å². The summed E-state index contributed by atoms with van der Waals surface area (Å²) < 4.78 is 12.9. The van der Waals surface area contributed by atoms with Gasteiger partial charge in [0.15, 0.2) is 0 Å². The summed E-state index contributed by atoms with van der Waals surface area (Å²) in [6.07, 6.45) is 1.43. The molecule has 2 aromatic rings. The lowest BCUT2D eigenvalue weighted by atomic mass is 10.0. The Morgan fingerprint density at radius 2 is 2.04 bits per heavy atom. The molecule has 0 saturated carbocycles. The van der Waals surface area contributed by atoms with E-state index in [1.165, 1.54) is 23.5 Å². The van der Waals surface area contributed by atoms with Crippen molar-refractivity contribution in [3.8, 4) is 0 Å². The Morgan fingerprint density at radius 1 is 1.35 bits per heavy atom. The number of aromatic nitrogens is 1. The minimum atomic E-state index is -0.258. The number of rotatable bonds is 7. The third-order valence-corrected chi connectivity index (χ3v) is 4.28. The molecule has 1 atom stereocenters. The summed E-state index contributed by atoms with van der Waals surface area (Å²) >= 11 is 1.43. The molecular weight excluding hydrogens is 313 g/mol. The van der Waals surface area contributed by atoms with Crippen molar-refractivity contribution in [2.75, 3.05) is 6.54 Å². The van der Waals surface area contributed by atoms with E-state index in [1.807, 2.05) is 0 Å². The van der Waals surface area contributed by atoms with Crippen LogP contribution in [0, 0.1) is 11.7 Å². The maximum atomic E-state index is 12.9. The van der Waals surface area contributed by atoms with Crippen LogP contribution in [0.15, 0.2) is 29.6 Å². The fourth-order valence-corrected chi connectivity index (χ4v) is 3.12. The Morgan fingerprint density at radius 3 is 2.65 bits per heavy atom. The average Bonchev–Trinajstić information content (AvgIpc) is 2.97. The zero-order chi connectivity index (χ0) is 16.8. The maximum Gasteiger partial charge on any atom is 0.271 e. The van der Waals surface area contributed by atoms with E-state index in [0.29, 0.717) is 24.6 Å². The quantitative estimate of drug-likeness (QED) is 0.817. The maximum absolute atomic E-state index is 12.9. The van der Waals surface area contributed by atoms with Crippen LogP contribution in [-0.4, -0.2) is 23.5 Å². The standard InChI is InChI=1S/C17H22FN3OS/c1-11(2)7-14(9-19)20-17(22)15-10-23-16(21-15)8-12-3-5-13(18)6-4-12/h3-6,10-11,14H,7-9,19H2,1-2H3,(H,20,22). The molecule has 2 rings (SSSR count). The van der Waals surface area contributed by atoms with Crippen LogP contribution in [0.5, 0.6) is 0 Å². The smallest absolute Gasteiger partial charge is 0.271 e. The lowest BCUT2D eigenvalue weighted by Gasteiger charge is -2.18. The Labute approximate surface area is 139 Å². The molecule has 0 spiro atoms. The fourth-order valence-electron chi connectivity index (χ4n) is 2.32. The van der Waals surface area contributed by atoms with Gasteiger partial charge in [0, 0.05) is 24.4 Å². The van der Waals surface area contributed by atoms with Gasteiger partial charge in [0.05, 0.1) is 5.01 Å². The van der Waals surface area contributed by atoms with Crippen molar-refractivity contribution < 1.29 is 9.18 Å². The first-order valence-electron chi connectivity index (χ1n) is 7.67. The van der Waals surface area contributed by atoms with Crippen molar-refractivity contribution in [2.24, 2.45) is 11.7 Å². The van der Waals surface area contributed by atoms with E-state index >= 15 is 0 Å². The summed E-state index contributed by atoms with van der Waals surface area (Å²) in [5.74, 6) is 0.0157. The van der Waals surface area contributed by atoms with Crippen LogP contribution >= 0.6 is 11.3 Å². The van der Waals surface area contributed by atoms with Gasteiger partial charge in [-0.05, 0) is 30.0 Å².